The van der Waals surface area contributed by atoms with Crippen LogP contribution in [0.3, 0.4) is 0 Å². The van der Waals surface area contributed by atoms with Crippen LogP contribution < -0.4 is 4.73 Å². The number of ketones is 1. The van der Waals surface area contributed by atoms with E-state index in [0.717, 1.165) is 12.5 Å². The summed E-state index contributed by atoms with van der Waals surface area (Å²) in [7, 11) is 0. The SMILES string of the molecule is CC[C@H]1C(=O)C(C)(C)[C@@H](O)CC(=O)O[C@H](C(F)=Cc2cccc[n+]2[O-])CC2OC2(C)CCC[C@H](C)[C@@H]1O. The second-order valence-corrected chi connectivity index (χ2v) is 11.3. The highest BCUT2D eigenvalue weighted by Crippen LogP contribution is 2.45. The maximum absolute atomic E-state index is 15.4. The molecular weight excluding hydrogens is 481 g/mol. The summed E-state index contributed by atoms with van der Waals surface area (Å²) < 4.78 is 27.2. The van der Waals surface area contributed by atoms with Crippen LogP contribution in [0.4, 0.5) is 4.39 Å². The van der Waals surface area contributed by atoms with Gasteiger partial charge in [0.05, 0.1) is 35.7 Å². The number of aliphatic hydroxyl groups is 2. The molecule has 3 rings (SSSR count). The summed E-state index contributed by atoms with van der Waals surface area (Å²) in [6, 6.07) is 4.56. The molecule has 9 heteroatoms. The molecule has 0 amide bonds. The summed E-state index contributed by atoms with van der Waals surface area (Å²) >= 11 is 0. The molecule has 0 aromatic carbocycles. The van der Waals surface area contributed by atoms with Crippen LogP contribution in [-0.4, -0.2) is 52.0 Å². The second-order valence-electron chi connectivity index (χ2n) is 11.3. The van der Waals surface area contributed by atoms with Gasteiger partial charge in [-0.2, -0.15) is 4.73 Å². The molecule has 1 aromatic heterocycles. The second kappa shape index (κ2) is 11.6. The molecule has 8 nitrogen and oxygen atoms in total. The maximum Gasteiger partial charge on any atom is 0.309 e. The molecule has 2 aliphatic rings. The molecule has 0 radical (unpaired) electrons. The Morgan fingerprint density at radius 2 is 1.97 bits per heavy atom. The van der Waals surface area contributed by atoms with Crippen molar-refractivity contribution >= 4 is 17.8 Å². The summed E-state index contributed by atoms with van der Waals surface area (Å²) in [6.45, 7) is 8.71. The normalized spacial score (nSPS) is 35.9. The van der Waals surface area contributed by atoms with E-state index in [4.69, 9.17) is 9.47 Å². The fraction of sp³-hybridized carbons (Fsp3) is 0.679. The van der Waals surface area contributed by atoms with Gasteiger partial charge in [-0.25, -0.2) is 4.39 Å². The van der Waals surface area contributed by atoms with Crippen LogP contribution in [0.15, 0.2) is 30.2 Å². The number of Topliss-reactive ketones (excluding diaryl/α,β-unsaturated/α-hetero) is 1. The number of nitrogens with zero attached hydrogens (tertiary/aromatic N) is 1. The Kier molecular flexibility index (Phi) is 9.14. The number of hydrogen-bond acceptors (Lipinski definition) is 7. The number of epoxide rings is 1. The van der Waals surface area contributed by atoms with Gasteiger partial charge in [0.1, 0.15) is 11.6 Å². The van der Waals surface area contributed by atoms with E-state index < -0.39 is 53.5 Å². The number of aliphatic hydroxyl groups excluding tert-OH is 2. The van der Waals surface area contributed by atoms with Crippen molar-refractivity contribution in [1.29, 1.82) is 0 Å². The molecule has 2 unspecified atom stereocenters. The van der Waals surface area contributed by atoms with Gasteiger partial charge in [0.15, 0.2) is 12.3 Å². The van der Waals surface area contributed by atoms with Crippen molar-refractivity contribution in [3.63, 3.8) is 0 Å². The van der Waals surface area contributed by atoms with Crippen LogP contribution in [0.25, 0.3) is 6.08 Å². The summed E-state index contributed by atoms with van der Waals surface area (Å²) in [5.74, 6) is -2.86. The number of halogens is 1. The number of aromatic nitrogens is 1. The van der Waals surface area contributed by atoms with E-state index >= 15 is 4.39 Å². The standard InChI is InChI=1S/C28H40FNO7/c1-6-19-25(33)17(2)10-9-12-28(5)23(37-28)15-21(20(29)14-18-11-7-8-13-30(18)35)36-24(32)16-22(31)27(3,4)26(19)34/h7-8,11,13-14,17,19,21-23,25,31,33H,6,9-10,12,15-16H2,1-5H3/t17-,19+,21-,22-,23?,25-,28?/m0/s1. The number of carbonyl (C=O) groups excluding carboxylic acids is 2. The monoisotopic (exact) mass is 521 g/mol. The zero-order valence-electron chi connectivity index (χ0n) is 22.4. The highest BCUT2D eigenvalue weighted by Gasteiger charge is 2.53. The zero-order chi connectivity index (χ0) is 27.5. The number of hydrogen-bond donors (Lipinski definition) is 2. The lowest BCUT2D eigenvalue weighted by atomic mass is 9.71. The molecule has 7 atom stereocenters. The van der Waals surface area contributed by atoms with Crippen LogP contribution in [0.1, 0.15) is 78.8 Å². The van der Waals surface area contributed by atoms with Gasteiger partial charge in [0.25, 0.3) is 0 Å². The quantitative estimate of drug-likeness (QED) is 0.269. The van der Waals surface area contributed by atoms with Gasteiger partial charge in [0.2, 0.25) is 5.69 Å². The van der Waals surface area contributed by atoms with Crippen molar-refractivity contribution in [2.45, 2.75) is 103 Å². The number of pyridine rings is 1. The molecule has 0 aliphatic carbocycles. The number of carbonyl (C=O) groups is 2. The molecule has 0 spiro atoms. The molecule has 2 fully saturated rings. The van der Waals surface area contributed by atoms with E-state index in [9.17, 15) is 25.0 Å². The number of fused-ring (bicyclic) bond motifs is 1. The number of ether oxygens (including phenoxy) is 2. The van der Waals surface area contributed by atoms with Crippen LogP contribution in [0, 0.1) is 22.5 Å². The van der Waals surface area contributed by atoms with Crippen LogP contribution in [0.2, 0.25) is 0 Å². The minimum absolute atomic E-state index is 0.0464. The lowest BCUT2D eigenvalue weighted by Gasteiger charge is -2.35. The lowest BCUT2D eigenvalue weighted by molar-refractivity contribution is -0.607. The average molecular weight is 522 g/mol. The highest BCUT2D eigenvalue weighted by atomic mass is 19.1. The van der Waals surface area contributed by atoms with Crippen LogP contribution >= 0.6 is 0 Å². The molecule has 2 N–H and O–H groups in total. The highest BCUT2D eigenvalue weighted by molar-refractivity contribution is 5.88. The Bertz CT molecular complexity index is 1010. The topological polar surface area (TPSA) is 123 Å². The number of rotatable bonds is 3. The van der Waals surface area contributed by atoms with Crippen LogP contribution in [0.5, 0.6) is 0 Å². The van der Waals surface area contributed by atoms with Crippen molar-refractivity contribution in [3.8, 4) is 0 Å². The van der Waals surface area contributed by atoms with Crippen molar-refractivity contribution in [1.82, 2.24) is 0 Å². The first-order valence-corrected chi connectivity index (χ1v) is 13.1. The average Bonchev–Trinajstić information content (AvgIpc) is 3.48. The summed E-state index contributed by atoms with van der Waals surface area (Å²) in [5, 5.41) is 33.8. The number of cyclic esters (lactones) is 1. The smallest absolute Gasteiger partial charge is 0.309 e. The van der Waals surface area contributed by atoms with Gasteiger partial charge in [0, 0.05) is 30.5 Å². The minimum Gasteiger partial charge on any atom is -0.618 e. The fourth-order valence-electron chi connectivity index (χ4n) is 5.19. The molecule has 2 aliphatic heterocycles. The molecule has 37 heavy (non-hydrogen) atoms. The summed E-state index contributed by atoms with van der Waals surface area (Å²) in [4.78, 5) is 26.2. The minimum atomic E-state index is -1.40. The molecule has 3 heterocycles. The summed E-state index contributed by atoms with van der Waals surface area (Å²) in [6.07, 6.45) is 0.286. The largest absolute Gasteiger partial charge is 0.618 e. The Hall–Kier alpha value is -2.36. The Balaban J connectivity index is 1.89. The van der Waals surface area contributed by atoms with Crippen molar-refractivity contribution in [3.05, 3.63) is 41.1 Å². The van der Waals surface area contributed by atoms with Gasteiger partial charge in [-0.05, 0) is 38.2 Å². The molecular formula is C28H40FNO7. The predicted octanol–water partition coefficient (Wildman–Crippen LogP) is 3.64. The van der Waals surface area contributed by atoms with E-state index in [1.807, 2.05) is 20.8 Å². The predicted molar refractivity (Wildman–Crippen MR) is 134 cm³/mol. The zero-order valence-corrected chi connectivity index (χ0v) is 22.4. The van der Waals surface area contributed by atoms with E-state index in [1.54, 1.807) is 19.9 Å². The van der Waals surface area contributed by atoms with E-state index in [-0.39, 0.29) is 29.9 Å². The molecule has 0 saturated carbocycles. The van der Waals surface area contributed by atoms with Crippen molar-refractivity contribution in [2.24, 2.45) is 17.3 Å². The van der Waals surface area contributed by atoms with Gasteiger partial charge >= 0.3 is 5.97 Å². The molecule has 2 saturated heterocycles. The van der Waals surface area contributed by atoms with Gasteiger partial charge < -0.3 is 24.9 Å². The Morgan fingerprint density at radius 1 is 1.27 bits per heavy atom. The molecule has 0 bridgehead atoms. The fourth-order valence-corrected chi connectivity index (χ4v) is 5.19. The molecule has 1 aromatic rings. The van der Waals surface area contributed by atoms with Crippen LogP contribution in [-0.2, 0) is 19.1 Å². The third-order valence-corrected chi connectivity index (χ3v) is 8.12. The Morgan fingerprint density at radius 3 is 2.62 bits per heavy atom. The number of esters is 1. The van der Waals surface area contributed by atoms with Crippen molar-refractivity contribution < 1.29 is 38.4 Å². The first-order valence-electron chi connectivity index (χ1n) is 13.1. The maximum atomic E-state index is 15.4. The Labute approximate surface area is 218 Å². The van der Waals surface area contributed by atoms with Gasteiger partial charge in [-0.1, -0.05) is 34.1 Å². The van der Waals surface area contributed by atoms with Gasteiger partial charge in [-0.3, -0.25) is 9.59 Å². The van der Waals surface area contributed by atoms with E-state index in [0.29, 0.717) is 24.0 Å². The van der Waals surface area contributed by atoms with Gasteiger partial charge in [-0.15, -0.1) is 0 Å². The third-order valence-electron chi connectivity index (χ3n) is 8.12. The third kappa shape index (κ3) is 6.75. The van der Waals surface area contributed by atoms with E-state index in [2.05, 4.69) is 0 Å². The first kappa shape index (κ1) is 29.2. The molecule has 206 valence electrons. The summed E-state index contributed by atoms with van der Waals surface area (Å²) in [5.41, 5.74) is -1.82. The van der Waals surface area contributed by atoms with Crippen molar-refractivity contribution in [2.75, 3.05) is 0 Å². The first-order chi connectivity index (χ1) is 17.3. The van der Waals surface area contributed by atoms with E-state index in [1.165, 1.54) is 18.3 Å². The lowest BCUT2D eigenvalue weighted by Crippen LogP contribution is -2.46.